The van der Waals surface area contributed by atoms with Crippen LogP contribution in [0.15, 0.2) is 48.5 Å². The Bertz CT molecular complexity index is 571. The van der Waals surface area contributed by atoms with Gasteiger partial charge in [-0.3, -0.25) is 0 Å². The Labute approximate surface area is 124 Å². The molecule has 0 aromatic heterocycles. The Morgan fingerprint density at radius 3 is 2.43 bits per heavy atom. The van der Waals surface area contributed by atoms with Gasteiger partial charge in [0.25, 0.3) is 0 Å². The summed E-state index contributed by atoms with van der Waals surface area (Å²) in [6.45, 7) is 2.01. The molecule has 0 saturated carbocycles. The van der Waals surface area contributed by atoms with E-state index in [1.54, 1.807) is 19.2 Å². The van der Waals surface area contributed by atoms with Crippen LogP contribution in [0.3, 0.4) is 0 Å². The molecule has 0 saturated heterocycles. The summed E-state index contributed by atoms with van der Waals surface area (Å²) in [6.07, 6.45) is 0.457. The summed E-state index contributed by atoms with van der Waals surface area (Å²) in [6, 6.07) is 13.4. The van der Waals surface area contributed by atoms with E-state index in [9.17, 15) is 4.39 Å². The van der Waals surface area contributed by atoms with Crippen LogP contribution in [0.5, 0.6) is 11.5 Å². The topological polar surface area (TPSA) is 44.5 Å². The minimum Gasteiger partial charge on any atom is -0.497 e. The molecule has 2 atom stereocenters. The summed E-state index contributed by atoms with van der Waals surface area (Å²) < 4.78 is 24.2. The van der Waals surface area contributed by atoms with E-state index in [-0.39, 0.29) is 18.0 Å². The van der Waals surface area contributed by atoms with Crippen LogP contribution in [0.4, 0.5) is 4.39 Å². The Kier molecular flexibility index (Phi) is 5.17. The van der Waals surface area contributed by atoms with Gasteiger partial charge in [-0.2, -0.15) is 0 Å². The molecule has 2 aromatic rings. The Morgan fingerprint density at radius 2 is 1.81 bits per heavy atom. The van der Waals surface area contributed by atoms with Gasteiger partial charge in [-0.1, -0.05) is 19.1 Å². The minimum atomic E-state index is -0.310. The first-order chi connectivity index (χ1) is 10.1. The largest absolute Gasteiger partial charge is 0.497 e. The first kappa shape index (κ1) is 15.3. The number of nitrogens with two attached hydrogens (primary N) is 1. The SMILES string of the molecule is CCC(N)C(Oc1ccc(F)cc1)c1cccc(OC)c1. The summed E-state index contributed by atoms with van der Waals surface area (Å²) in [4.78, 5) is 0. The highest BCUT2D eigenvalue weighted by Crippen LogP contribution is 2.27. The van der Waals surface area contributed by atoms with Crippen molar-refractivity contribution >= 4 is 0 Å². The van der Waals surface area contributed by atoms with E-state index in [0.717, 1.165) is 17.7 Å². The number of halogens is 1. The second kappa shape index (κ2) is 7.09. The van der Waals surface area contributed by atoms with Crippen LogP contribution in [0.2, 0.25) is 0 Å². The monoisotopic (exact) mass is 289 g/mol. The zero-order chi connectivity index (χ0) is 15.2. The van der Waals surface area contributed by atoms with Gasteiger partial charge in [0.15, 0.2) is 0 Å². The smallest absolute Gasteiger partial charge is 0.139 e. The van der Waals surface area contributed by atoms with Crippen molar-refractivity contribution in [2.24, 2.45) is 5.73 Å². The van der Waals surface area contributed by atoms with Gasteiger partial charge < -0.3 is 15.2 Å². The van der Waals surface area contributed by atoms with E-state index in [4.69, 9.17) is 15.2 Å². The first-order valence-electron chi connectivity index (χ1n) is 6.95. The molecule has 112 valence electrons. The van der Waals surface area contributed by atoms with Crippen molar-refractivity contribution in [2.45, 2.75) is 25.5 Å². The maximum atomic E-state index is 13.0. The van der Waals surface area contributed by atoms with E-state index in [2.05, 4.69) is 0 Å². The highest BCUT2D eigenvalue weighted by molar-refractivity contribution is 5.32. The number of hydrogen-bond donors (Lipinski definition) is 1. The quantitative estimate of drug-likeness (QED) is 0.882. The molecule has 0 aliphatic heterocycles. The molecule has 2 aromatic carbocycles. The first-order valence-corrected chi connectivity index (χ1v) is 6.95. The van der Waals surface area contributed by atoms with E-state index in [0.29, 0.717) is 5.75 Å². The third-order valence-electron chi connectivity index (χ3n) is 3.36. The van der Waals surface area contributed by atoms with Crippen LogP contribution in [0.1, 0.15) is 25.0 Å². The molecule has 4 heteroatoms. The van der Waals surface area contributed by atoms with Gasteiger partial charge in [-0.15, -0.1) is 0 Å². The van der Waals surface area contributed by atoms with Crippen LogP contribution in [-0.2, 0) is 0 Å². The van der Waals surface area contributed by atoms with Gasteiger partial charge in [0.2, 0.25) is 0 Å². The molecule has 0 amide bonds. The Hall–Kier alpha value is -2.07. The van der Waals surface area contributed by atoms with Crippen molar-refractivity contribution in [1.82, 2.24) is 0 Å². The molecule has 3 nitrogen and oxygen atoms in total. The maximum absolute atomic E-state index is 13.0. The lowest BCUT2D eigenvalue weighted by Gasteiger charge is -2.25. The number of rotatable bonds is 6. The molecule has 0 aliphatic rings. The van der Waals surface area contributed by atoms with E-state index >= 15 is 0 Å². The molecule has 0 fully saturated rings. The van der Waals surface area contributed by atoms with Gasteiger partial charge in [0.05, 0.1) is 7.11 Å². The summed E-state index contributed by atoms with van der Waals surface area (Å²) in [5.41, 5.74) is 7.12. The summed E-state index contributed by atoms with van der Waals surface area (Å²) >= 11 is 0. The van der Waals surface area contributed by atoms with E-state index in [1.165, 1.54) is 12.1 Å². The molecule has 0 heterocycles. The normalized spacial score (nSPS) is 13.5. The lowest BCUT2D eigenvalue weighted by molar-refractivity contribution is 0.170. The molecule has 2 N–H and O–H groups in total. The fourth-order valence-corrected chi connectivity index (χ4v) is 2.09. The minimum absolute atomic E-state index is 0.165. The number of methoxy groups -OCH3 is 1. The second-order valence-electron chi connectivity index (χ2n) is 4.84. The number of ether oxygens (including phenoxy) is 2. The van der Waals surface area contributed by atoms with Crippen molar-refractivity contribution in [3.8, 4) is 11.5 Å². The third kappa shape index (κ3) is 3.95. The summed E-state index contributed by atoms with van der Waals surface area (Å²) in [7, 11) is 1.62. The van der Waals surface area contributed by atoms with Gasteiger partial charge >= 0.3 is 0 Å². The molecule has 2 unspecified atom stereocenters. The standard InChI is InChI=1S/C17H20FNO2/c1-3-16(19)17(12-5-4-6-15(11-12)20-2)21-14-9-7-13(18)8-10-14/h4-11,16-17H,3,19H2,1-2H3. The van der Waals surface area contributed by atoms with Gasteiger partial charge in [0, 0.05) is 6.04 Å². The lowest BCUT2D eigenvalue weighted by atomic mass is 10.0. The average Bonchev–Trinajstić information content (AvgIpc) is 2.53. The molecule has 0 radical (unpaired) electrons. The number of benzene rings is 2. The third-order valence-corrected chi connectivity index (χ3v) is 3.36. The fraction of sp³-hybridized carbons (Fsp3) is 0.294. The highest BCUT2D eigenvalue weighted by Gasteiger charge is 2.21. The second-order valence-corrected chi connectivity index (χ2v) is 4.84. The fourth-order valence-electron chi connectivity index (χ4n) is 2.09. The van der Waals surface area contributed by atoms with Crippen LogP contribution >= 0.6 is 0 Å². The Morgan fingerprint density at radius 1 is 1.10 bits per heavy atom. The number of hydrogen-bond acceptors (Lipinski definition) is 3. The lowest BCUT2D eigenvalue weighted by Crippen LogP contribution is -2.31. The molecule has 21 heavy (non-hydrogen) atoms. The van der Waals surface area contributed by atoms with Crippen LogP contribution in [-0.4, -0.2) is 13.2 Å². The highest BCUT2D eigenvalue weighted by atomic mass is 19.1. The predicted molar refractivity (Wildman–Crippen MR) is 81.0 cm³/mol. The van der Waals surface area contributed by atoms with Gasteiger partial charge in [-0.25, -0.2) is 4.39 Å². The van der Waals surface area contributed by atoms with Gasteiger partial charge in [0.1, 0.15) is 23.4 Å². The van der Waals surface area contributed by atoms with Crippen LogP contribution in [0, 0.1) is 5.82 Å². The molecule has 0 bridgehead atoms. The van der Waals surface area contributed by atoms with Crippen LogP contribution in [0.25, 0.3) is 0 Å². The average molecular weight is 289 g/mol. The molecular formula is C17H20FNO2. The molecular weight excluding hydrogens is 269 g/mol. The molecule has 0 spiro atoms. The predicted octanol–water partition coefficient (Wildman–Crippen LogP) is 3.69. The van der Waals surface area contributed by atoms with E-state index < -0.39 is 0 Å². The summed E-state index contributed by atoms with van der Waals surface area (Å²) in [5.74, 6) is 1.05. The van der Waals surface area contributed by atoms with Crippen LogP contribution < -0.4 is 15.2 Å². The zero-order valence-corrected chi connectivity index (χ0v) is 12.3. The van der Waals surface area contributed by atoms with Crippen molar-refractivity contribution < 1.29 is 13.9 Å². The van der Waals surface area contributed by atoms with Crippen molar-refractivity contribution in [1.29, 1.82) is 0 Å². The zero-order valence-electron chi connectivity index (χ0n) is 12.3. The molecule has 2 rings (SSSR count). The van der Waals surface area contributed by atoms with Crippen molar-refractivity contribution in [3.05, 3.63) is 59.9 Å². The summed E-state index contributed by atoms with van der Waals surface area (Å²) in [5, 5.41) is 0. The Balaban J connectivity index is 2.27. The van der Waals surface area contributed by atoms with Crippen molar-refractivity contribution in [3.63, 3.8) is 0 Å². The van der Waals surface area contributed by atoms with E-state index in [1.807, 2.05) is 31.2 Å². The van der Waals surface area contributed by atoms with Crippen molar-refractivity contribution in [2.75, 3.05) is 7.11 Å². The van der Waals surface area contributed by atoms with Gasteiger partial charge in [-0.05, 0) is 48.4 Å². The maximum Gasteiger partial charge on any atom is 0.139 e. The molecule has 0 aliphatic carbocycles.